The van der Waals surface area contributed by atoms with Gasteiger partial charge in [0, 0.05) is 13.0 Å². The third-order valence-electron chi connectivity index (χ3n) is 5.54. The van der Waals surface area contributed by atoms with E-state index in [2.05, 4.69) is 13.0 Å². The Morgan fingerprint density at radius 1 is 1.37 bits per heavy atom. The van der Waals surface area contributed by atoms with Gasteiger partial charge in [0.15, 0.2) is 0 Å². The largest absolute Gasteiger partial charge is 0.396 e. The molecule has 1 saturated carbocycles. The van der Waals surface area contributed by atoms with Crippen molar-refractivity contribution < 1.29 is 15.0 Å². The van der Waals surface area contributed by atoms with Crippen LogP contribution in [0, 0.1) is 23.2 Å². The van der Waals surface area contributed by atoms with Gasteiger partial charge in [-0.1, -0.05) is 25.5 Å². The van der Waals surface area contributed by atoms with E-state index >= 15 is 0 Å². The smallest absolute Gasteiger partial charge is 0.144 e. The number of hydrogen-bond acceptors (Lipinski definition) is 3. The van der Waals surface area contributed by atoms with Gasteiger partial charge >= 0.3 is 0 Å². The van der Waals surface area contributed by atoms with Crippen LogP contribution in [0.15, 0.2) is 12.2 Å². The zero-order valence-corrected chi connectivity index (χ0v) is 12.2. The predicted octanol–water partition coefficient (Wildman–Crippen LogP) is 2.32. The van der Waals surface area contributed by atoms with Crippen molar-refractivity contribution in [1.29, 1.82) is 0 Å². The number of carbonyl (C=O) groups excluding carboxylic acids is 1. The van der Waals surface area contributed by atoms with Crippen molar-refractivity contribution in [3.05, 3.63) is 12.2 Å². The molecule has 3 nitrogen and oxygen atoms in total. The first-order valence-electron chi connectivity index (χ1n) is 7.39. The SMILES string of the molecule is C[C@H]1CCC2[C@@H](C=C[C@@](C)(O)[C@]2(C)C(=O)CCO)C1. The summed E-state index contributed by atoms with van der Waals surface area (Å²) in [5, 5.41) is 19.8. The maximum Gasteiger partial charge on any atom is 0.144 e. The van der Waals surface area contributed by atoms with Gasteiger partial charge in [0.1, 0.15) is 5.78 Å². The Balaban J connectivity index is 2.38. The van der Waals surface area contributed by atoms with E-state index in [0.717, 1.165) is 19.3 Å². The summed E-state index contributed by atoms with van der Waals surface area (Å²) in [6.45, 7) is 5.74. The quantitative estimate of drug-likeness (QED) is 0.771. The number of hydrogen-bond donors (Lipinski definition) is 2. The van der Waals surface area contributed by atoms with Crippen LogP contribution in [0.2, 0.25) is 0 Å². The molecular formula is C16H26O3. The number of ketones is 1. The second-order valence-corrected chi connectivity index (χ2v) is 6.79. The average molecular weight is 266 g/mol. The molecule has 5 atom stereocenters. The van der Waals surface area contributed by atoms with Crippen molar-refractivity contribution in [3.63, 3.8) is 0 Å². The van der Waals surface area contributed by atoms with E-state index in [9.17, 15) is 9.90 Å². The van der Waals surface area contributed by atoms with E-state index < -0.39 is 11.0 Å². The molecule has 0 spiro atoms. The van der Waals surface area contributed by atoms with Gasteiger partial charge in [0.05, 0.1) is 11.0 Å². The van der Waals surface area contributed by atoms with E-state index in [-0.39, 0.29) is 24.7 Å². The van der Waals surface area contributed by atoms with Crippen molar-refractivity contribution in [1.82, 2.24) is 0 Å². The standard InChI is InChI=1S/C16H26O3/c1-11-4-5-13-12(10-11)6-8-15(2,19)16(13,3)14(18)7-9-17/h6,8,11-13,17,19H,4-5,7,9-10H2,1-3H3/t11-,12-,13?,15+,16-/m0/s1. The van der Waals surface area contributed by atoms with Crippen LogP contribution in [0.1, 0.15) is 46.5 Å². The van der Waals surface area contributed by atoms with Crippen molar-refractivity contribution in [2.75, 3.05) is 6.61 Å². The molecule has 2 N–H and O–H groups in total. The number of Topliss-reactive ketones (excluding diaryl/α,β-unsaturated/α-hetero) is 1. The van der Waals surface area contributed by atoms with Crippen LogP contribution >= 0.6 is 0 Å². The Labute approximate surface area is 115 Å². The zero-order valence-electron chi connectivity index (χ0n) is 12.2. The minimum Gasteiger partial charge on any atom is -0.396 e. The molecule has 0 radical (unpaired) electrons. The lowest BCUT2D eigenvalue weighted by molar-refractivity contribution is -0.153. The Hall–Kier alpha value is -0.670. The average Bonchev–Trinajstić information content (AvgIpc) is 2.34. The fourth-order valence-electron chi connectivity index (χ4n) is 4.06. The Kier molecular flexibility index (Phi) is 3.90. The van der Waals surface area contributed by atoms with Crippen LogP contribution < -0.4 is 0 Å². The highest BCUT2D eigenvalue weighted by atomic mass is 16.3. The number of aliphatic hydroxyl groups excluding tert-OH is 1. The Bertz CT molecular complexity index is 385. The van der Waals surface area contributed by atoms with Crippen LogP contribution in [-0.4, -0.2) is 28.2 Å². The van der Waals surface area contributed by atoms with E-state index in [1.165, 1.54) is 0 Å². The van der Waals surface area contributed by atoms with E-state index in [0.29, 0.717) is 11.8 Å². The third kappa shape index (κ3) is 2.27. The highest BCUT2D eigenvalue weighted by molar-refractivity contribution is 5.87. The van der Waals surface area contributed by atoms with Gasteiger partial charge in [-0.2, -0.15) is 0 Å². The summed E-state index contributed by atoms with van der Waals surface area (Å²) in [7, 11) is 0. The highest BCUT2D eigenvalue weighted by Crippen LogP contribution is 2.54. The molecule has 2 aliphatic rings. The zero-order chi connectivity index (χ0) is 14.3. The molecule has 1 fully saturated rings. The molecule has 2 aliphatic carbocycles. The van der Waals surface area contributed by atoms with Crippen molar-refractivity contribution >= 4 is 5.78 Å². The minimum atomic E-state index is -1.11. The molecule has 0 aromatic heterocycles. The molecule has 2 rings (SSSR count). The van der Waals surface area contributed by atoms with Gasteiger partial charge in [-0.3, -0.25) is 4.79 Å². The Morgan fingerprint density at radius 2 is 2.05 bits per heavy atom. The maximum absolute atomic E-state index is 12.5. The minimum absolute atomic E-state index is 0.00565. The fourth-order valence-corrected chi connectivity index (χ4v) is 4.06. The highest BCUT2D eigenvalue weighted by Gasteiger charge is 2.56. The first-order valence-corrected chi connectivity index (χ1v) is 7.39. The number of rotatable bonds is 3. The van der Waals surface area contributed by atoms with Crippen LogP contribution in [0.5, 0.6) is 0 Å². The lowest BCUT2D eigenvalue weighted by Crippen LogP contribution is -2.57. The van der Waals surface area contributed by atoms with E-state index in [4.69, 9.17) is 5.11 Å². The molecule has 19 heavy (non-hydrogen) atoms. The van der Waals surface area contributed by atoms with Gasteiger partial charge in [-0.05, 0) is 44.4 Å². The summed E-state index contributed by atoms with van der Waals surface area (Å²) in [6, 6.07) is 0. The second-order valence-electron chi connectivity index (χ2n) is 6.79. The molecule has 0 aromatic carbocycles. The summed E-state index contributed by atoms with van der Waals surface area (Å²) in [4.78, 5) is 12.5. The van der Waals surface area contributed by atoms with Gasteiger partial charge in [-0.25, -0.2) is 0 Å². The van der Waals surface area contributed by atoms with Crippen LogP contribution in [0.25, 0.3) is 0 Å². The van der Waals surface area contributed by atoms with Gasteiger partial charge in [-0.15, -0.1) is 0 Å². The maximum atomic E-state index is 12.5. The number of allylic oxidation sites excluding steroid dienone is 1. The summed E-state index contributed by atoms with van der Waals surface area (Å²) < 4.78 is 0. The molecule has 108 valence electrons. The van der Waals surface area contributed by atoms with Crippen molar-refractivity contribution in [2.24, 2.45) is 23.2 Å². The molecule has 0 amide bonds. The van der Waals surface area contributed by atoms with Gasteiger partial charge in [0.25, 0.3) is 0 Å². The summed E-state index contributed by atoms with van der Waals surface area (Å²) in [5.41, 5.74) is -1.88. The molecule has 0 bridgehead atoms. The number of carbonyl (C=O) groups is 1. The van der Waals surface area contributed by atoms with E-state index in [1.54, 1.807) is 6.92 Å². The molecule has 0 heterocycles. The molecule has 0 aliphatic heterocycles. The van der Waals surface area contributed by atoms with Gasteiger partial charge in [0.2, 0.25) is 0 Å². The summed E-state index contributed by atoms with van der Waals surface area (Å²) in [5.74, 6) is 1.26. The monoisotopic (exact) mass is 266 g/mol. The molecule has 1 unspecified atom stereocenters. The van der Waals surface area contributed by atoms with Crippen molar-refractivity contribution in [3.8, 4) is 0 Å². The third-order valence-corrected chi connectivity index (χ3v) is 5.54. The normalized spacial score (nSPS) is 45.8. The number of fused-ring (bicyclic) bond motifs is 1. The lowest BCUT2D eigenvalue weighted by Gasteiger charge is -2.53. The molecule has 0 aromatic rings. The number of aliphatic hydroxyl groups is 2. The first-order chi connectivity index (χ1) is 8.83. The lowest BCUT2D eigenvalue weighted by atomic mass is 9.52. The summed E-state index contributed by atoms with van der Waals surface area (Å²) >= 11 is 0. The predicted molar refractivity (Wildman–Crippen MR) is 74.6 cm³/mol. The Morgan fingerprint density at radius 3 is 2.68 bits per heavy atom. The summed E-state index contributed by atoms with van der Waals surface area (Å²) in [6.07, 6.45) is 7.25. The fraction of sp³-hybridized carbons (Fsp3) is 0.812. The first kappa shape index (κ1) is 14.7. The second kappa shape index (κ2) is 5.02. The molecule has 0 saturated heterocycles. The topological polar surface area (TPSA) is 57.5 Å². The van der Waals surface area contributed by atoms with Crippen LogP contribution in [0.3, 0.4) is 0 Å². The van der Waals surface area contributed by atoms with Crippen molar-refractivity contribution in [2.45, 2.75) is 52.1 Å². The van der Waals surface area contributed by atoms with Crippen LogP contribution in [0.4, 0.5) is 0 Å². The van der Waals surface area contributed by atoms with E-state index in [1.807, 2.05) is 13.0 Å². The molecular weight excluding hydrogens is 240 g/mol. The van der Waals surface area contributed by atoms with Gasteiger partial charge < -0.3 is 10.2 Å². The molecule has 3 heteroatoms. The van der Waals surface area contributed by atoms with Crippen LogP contribution in [-0.2, 0) is 4.79 Å².